The Hall–Kier alpha value is -1.14. The summed E-state index contributed by atoms with van der Waals surface area (Å²) in [5.41, 5.74) is 0. The average Bonchev–Trinajstić information content (AvgIpc) is 3.32. The van der Waals surface area contributed by atoms with Crippen molar-refractivity contribution in [1.82, 2.24) is 10.6 Å². The molecule has 3 aliphatic rings. The van der Waals surface area contributed by atoms with E-state index in [-0.39, 0.29) is 30.1 Å². The van der Waals surface area contributed by atoms with Gasteiger partial charge in [-0.15, -0.1) is 0 Å². The summed E-state index contributed by atoms with van der Waals surface area (Å²) >= 11 is 0. The SMILES string of the molecule is O=C(NCC(NC(=O)C1CCCO1)C1CCCCC1)C1CCCO1. The molecule has 3 rings (SSSR count). The normalized spacial score (nSPS) is 29.3. The summed E-state index contributed by atoms with van der Waals surface area (Å²) in [6.07, 6.45) is 8.77. The van der Waals surface area contributed by atoms with Crippen LogP contribution < -0.4 is 10.6 Å². The fourth-order valence-electron chi connectivity index (χ4n) is 4.04. The van der Waals surface area contributed by atoms with Gasteiger partial charge in [-0.1, -0.05) is 19.3 Å². The van der Waals surface area contributed by atoms with Crippen molar-refractivity contribution in [3.05, 3.63) is 0 Å². The lowest BCUT2D eigenvalue weighted by atomic mass is 9.83. The third-order valence-corrected chi connectivity index (χ3v) is 5.49. The molecular formula is C18H30N2O4. The minimum atomic E-state index is -0.315. The second-order valence-electron chi connectivity index (χ2n) is 7.26. The highest BCUT2D eigenvalue weighted by Gasteiger charge is 2.31. The maximum absolute atomic E-state index is 12.4. The Bertz CT molecular complexity index is 425. The summed E-state index contributed by atoms with van der Waals surface area (Å²) < 4.78 is 10.9. The summed E-state index contributed by atoms with van der Waals surface area (Å²) in [5.74, 6) is 0.378. The summed E-state index contributed by atoms with van der Waals surface area (Å²) in [4.78, 5) is 24.6. The lowest BCUT2D eigenvalue weighted by Gasteiger charge is -2.32. The van der Waals surface area contributed by atoms with Crippen LogP contribution in [0.1, 0.15) is 57.8 Å². The number of hydrogen-bond acceptors (Lipinski definition) is 4. The Labute approximate surface area is 144 Å². The van der Waals surface area contributed by atoms with Crippen LogP contribution in [0.15, 0.2) is 0 Å². The van der Waals surface area contributed by atoms with Crippen molar-refractivity contribution in [2.75, 3.05) is 19.8 Å². The summed E-state index contributed by atoms with van der Waals surface area (Å²) in [5, 5.41) is 6.15. The van der Waals surface area contributed by atoms with Gasteiger partial charge in [0.1, 0.15) is 12.2 Å². The van der Waals surface area contributed by atoms with E-state index < -0.39 is 0 Å². The van der Waals surface area contributed by atoms with Crippen molar-refractivity contribution in [2.45, 2.75) is 76.0 Å². The molecule has 3 fully saturated rings. The van der Waals surface area contributed by atoms with Gasteiger partial charge in [-0.3, -0.25) is 9.59 Å². The molecule has 3 unspecified atom stereocenters. The fourth-order valence-corrected chi connectivity index (χ4v) is 4.04. The molecule has 6 heteroatoms. The lowest BCUT2D eigenvalue weighted by Crippen LogP contribution is -2.52. The molecule has 6 nitrogen and oxygen atoms in total. The van der Waals surface area contributed by atoms with Gasteiger partial charge in [0, 0.05) is 25.8 Å². The Morgan fingerprint density at radius 1 is 0.833 bits per heavy atom. The van der Waals surface area contributed by atoms with Crippen LogP contribution in [0.25, 0.3) is 0 Å². The van der Waals surface area contributed by atoms with E-state index in [2.05, 4.69) is 10.6 Å². The largest absolute Gasteiger partial charge is 0.368 e. The van der Waals surface area contributed by atoms with E-state index in [1.807, 2.05) is 0 Å². The van der Waals surface area contributed by atoms with E-state index in [0.29, 0.717) is 25.7 Å². The van der Waals surface area contributed by atoms with Crippen LogP contribution in [0.5, 0.6) is 0 Å². The molecule has 24 heavy (non-hydrogen) atoms. The second-order valence-corrected chi connectivity index (χ2v) is 7.26. The van der Waals surface area contributed by atoms with Crippen molar-refractivity contribution in [1.29, 1.82) is 0 Å². The number of hydrogen-bond donors (Lipinski definition) is 2. The Balaban J connectivity index is 1.54. The zero-order chi connectivity index (χ0) is 16.8. The van der Waals surface area contributed by atoms with Crippen molar-refractivity contribution < 1.29 is 19.1 Å². The molecule has 2 saturated heterocycles. The number of carbonyl (C=O) groups is 2. The van der Waals surface area contributed by atoms with Crippen molar-refractivity contribution in [2.24, 2.45) is 5.92 Å². The highest BCUT2D eigenvalue weighted by Crippen LogP contribution is 2.27. The lowest BCUT2D eigenvalue weighted by molar-refractivity contribution is -0.133. The molecule has 1 aliphatic carbocycles. The van der Waals surface area contributed by atoms with Gasteiger partial charge in [0.15, 0.2) is 0 Å². The fraction of sp³-hybridized carbons (Fsp3) is 0.889. The molecule has 0 aromatic rings. The molecule has 2 amide bonds. The van der Waals surface area contributed by atoms with Crippen LogP contribution in [0.4, 0.5) is 0 Å². The monoisotopic (exact) mass is 338 g/mol. The topological polar surface area (TPSA) is 76.7 Å². The second kappa shape index (κ2) is 8.81. The number of amides is 2. The predicted molar refractivity (Wildman–Crippen MR) is 89.5 cm³/mol. The minimum Gasteiger partial charge on any atom is -0.368 e. The van der Waals surface area contributed by atoms with E-state index in [1.54, 1.807) is 0 Å². The maximum atomic E-state index is 12.4. The number of nitrogens with one attached hydrogen (secondary N) is 2. The molecule has 2 N–H and O–H groups in total. The molecule has 0 aromatic heterocycles. The van der Waals surface area contributed by atoms with E-state index in [1.165, 1.54) is 19.3 Å². The third kappa shape index (κ3) is 4.70. The maximum Gasteiger partial charge on any atom is 0.249 e. The van der Waals surface area contributed by atoms with Crippen LogP contribution in [0.3, 0.4) is 0 Å². The van der Waals surface area contributed by atoms with E-state index in [9.17, 15) is 9.59 Å². The standard InChI is InChI=1S/C18H30N2O4/c21-17(15-8-4-10-23-15)19-12-14(13-6-2-1-3-7-13)20-18(22)16-9-5-11-24-16/h13-16H,1-12H2,(H,19,21)(H,20,22). The van der Waals surface area contributed by atoms with Crippen molar-refractivity contribution in [3.8, 4) is 0 Å². The zero-order valence-corrected chi connectivity index (χ0v) is 14.4. The minimum absolute atomic E-state index is 0.00708. The van der Waals surface area contributed by atoms with Crippen LogP contribution in [-0.2, 0) is 19.1 Å². The van der Waals surface area contributed by atoms with Gasteiger partial charge in [-0.05, 0) is 44.4 Å². The Kier molecular flexibility index (Phi) is 6.49. The smallest absolute Gasteiger partial charge is 0.249 e. The molecule has 0 radical (unpaired) electrons. The van der Waals surface area contributed by atoms with Crippen LogP contribution >= 0.6 is 0 Å². The summed E-state index contributed by atoms with van der Waals surface area (Å²) in [6.45, 7) is 1.82. The summed E-state index contributed by atoms with van der Waals surface area (Å²) in [6, 6.07) is -0.00708. The van der Waals surface area contributed by atoms with Gasteiger partial charge in [-0.25, -0.2) is 0 Å². The molecule has 1 saturated carbocycles. The predicted octanol–water partition coefficient (Wildman–Crippen LogP) is 1.53. The third-order valence-electron chi connectivity index (χ3n) is 5.49. The first-order valence-electron chi connectivity index (χ1n) is 9.55. The molecule has 136 valence electrons. The summed E-state index contributed by atoms with van der Waals surface area (Å²) in [7, 11) is 0. The van der Waals surface area contributed by atoms with Gasteiger partial charge in [0.05, 0.1) is 0 Å². The van der Waals surface area contributed by atoms with Gasteiger partial charge in [-0.2, -0.15) is 0 Å². The molecule has 2 heterocycles. The number of carbonyl (C=O) groups excluding carboxylic acids is 2. The first kappa shape index (κ1) is 17.7. The van der Waals surface area contributed by atoms with Crippen molar-refractivity contribution >= 4 is 11.8 Å². The Morgan fingerprint density at radius 2 is 1.46 bits per heavy atom. The van der Waals surface area contributed by atoms with Crippen LogP contribution in [-0.4, -0.2) is 49.8 Å². The number of ether oxygens (including phenoxy) is 2. The highest BCUT2D eigenvalue weighted by molar-refractivity contribution is 5.82. The van der Waals surface area contributed by atoms with Crippen molar-refractivity contribution in [3.63, 3.8) is 0 Å². The molecule has 3 atom stereocenters. The molecule has 0 bridgehead atoms. The molecule has 0 aromatic carbocycles. The van der Waals surface area contributed by atoms with E-state index in [0.717, 1.165) is 38.5 Å². The number of rotatable bonds is 6. The van der Waals surface area contributed by atoms with Gasteiger partial charge >= 0.3 is 0 Å². The van der Waals surface area contributed by atoms with Gasteiger partial charge in [0.25, 0.3) is 0 Å². The Morgan fingerprint density at radius 3 is 2.04 bits per heavy atom. The van der Waals surface area contributed by atoms with Crippen LogP contribution in [0, 0.1) is 5.92 Å². The first-order valence-corrected chi connectivity index (χ1v) is 9.55. The van der Waals surface area contributed by atoms with Gasteiger partial charge in [0.2, 0.25) is 11.8 Å². The zero-order valence-electron chi connectivity index (χ0n) is 14.4. The first-order chi connectivity index (χ1) is 11.7. The van der Waals surface area contributed by atoms with E-state index in [4.69, 9.17) is 9.47 Å². The molecule has 0 spiro atoms. The van der Waals surface area contributed by atoms with Crippen LogP contribution in [0.2, 0.25) is 0 Å². The average molecular weight is 338 g/mol. The van der Waals surface area contributed by atoms with Gasteiger partial charge < -0.3 is 20.1 Å². The highest BCUT2D eigenvalue weighted by atomic mass is 16.5. The molecular weight excluding hydrogens is 308 g/mol. The van der Waals surface area contributed by atoms with E-state index >= 15 is 0 Å². The molecule has 2 aliphatic heterocycles. The quantitative estimate of drug-likeness (QED) is 0.770.